The predicted molar refractivity (Wildman–Crippen MR) is 234 cm³/mol. The molecule has 11 rings (SSSR count). The van der Waals surface area contributed by atoms with E-state index in [2.05, 4.69) is 181 Å². The van der Waals surface area contributed by atoms with Crippen LogP contribution in [0, 0.1) is 6.92 Å². The normalized spacial score (nSPS) is 11.9. The standard InChI is InChI=1S/C51H32S2/c1-31-29-52-30-45(31)50-40-22-11-9-20-38(40)49(39-21-10-12-23-41(39)50)43-25-13-24-42-44-28-33(26-27-46(44)53-51(42)43)48-36-18-7-5-16-34(36)47(32-14-3-2-4-15-32)35-17-6-8-19-37(35)48/h2-30H,1H3. The molecule has 0 amide bonds. The van der Waals surface area contributed by atoms with Gasteiger partial charge in [0, 0.05) is 25.7 Å². The van der Waals surface area contributed by atoms with E-state index in [1.807, 2.05) is 11.3 Å². The van der Waals surface area contributed by atoms with Gasteiger partial charge in [0.15, 0.2) is 0 Å². The molecule has 11 aromatic rings. The van der Waals surface area contributed by atoms with Gasteiger partial charge in [0.1, 0.15) is 0 Å². The fourth-order valence-corrected chi connectivity index (χ4v) is 10.9. The van der Waals surface area contributed by atoms with Crippen molar-refractivity contribution < 1.29 is 0 Å². The monoisotopic (exact) mass is 708 g/mol. The van der Waals surface area contributed by atoms with Gasteiger partial charge in [-0.25, -0.2) is 0 Å². The Morgan fingerprint density at radius 3 is 1.34 bits per heavy atom. The van der Waals surface area contributed by atoms with Gasteiger partial charge in [0.25, 0.3) is 0 Å². The average Bonchev–Trinajstić information content (AvgIpc) is 3.82. The summed E-state index contributed by atoms with van der Waals surface area (Å²) >= 11 is 3.70. The Balaban J connectivity index is 1.18. The summed E-state index contributed by atoms with van der Waals surface area (Å²) in [7, 11) is 0. The molecular weight excluding hydrogens is 677 g/mol. The maximum atomic E-state index is 2.45. The largest absolute Gasteiger partial charge is 0.151 e. The lowest BCUT2D eigenvalue weighted by Crippen LogP contribution is -1.91. The summed E-state index contributed by atoms with van der Waals surface area (Å²) in [4.78, 5) is 0. The second-order valence-corrected chi connectivity index (χ2v) is 15.8. The van der Waals surface area contributed by atoms with Crippen LogP contribution in [0.3, 0.4) is 0 Å². The van der Waals surface area contributed by atoms with Crippen molar-refractivity contribution >= 4 is 85.9 Å². The van der Waals surface area contributed by atoms with Crippen LogP contribution in [-0.4, -0.2) is 0 Å². The molecule has 0 bridgehead atoms. The summed E-state index contributed by atoms with van der Waals surface area (Å²) in [5.41, 5.74) is 11.7. The minimum Gasteiger partial charge on any atom is -0.151 e. The van der Waals surface area contributed by atoms with Crippen LogP contribution < -0.4 is 0 Å². The average molecular weight is 709 g/mol. The van der Waals surface area contributed by atoms with Crippen molar-refractivity contribution in [3.05, 3.63) is 180 Å². The maximum Gasteiger partial charge on any atom is 0.0434 e. The number of rotatable bonds is 4. The van der Waals surface area contributed by atoms with Crippen LogP contribution in [0.4, 0.5) is 0 Å². The zero-order valence-corrected chi connectivity index (χ0v) is 30.7. The summed E-state index contributed by atoms with van der Waals surface area (Å²) in [5, 5.41) is 17.5. The highest BCUT2D eigenvalue weighted by atomic mass is 32.1. The molecule has 0 nitrogen and oxygen atoms in total. The summed E-state index contributed by atoms with van der Waals surface area (Å²) < 4.78 is 2.65. The molecule has 0 N–H and O–H groups in total. The molecule has 0 fully saturated rings. The van der Waals surface area contributed by atoms with E-state index in [1.165, 1.54) is 113 Å². The molecule has 0 saturated carbocycles. The molecule has 0 spiro atoms. The molecule has 0 atom stereocenters. The first-order valence-electron chi connectivity index (χ1n) is 18.2. The van der Waals surface area contributed by atoms with E-state index in [0.29, 0.717) is 0 Å². The van der Waals surface area contributed by atoms with Crippen LogP contribution in [0.25, 0.3) is 108 Å². The summed E-state index contributed by atoms with van der Waals surface area (Å²) in [5.74, 6) is 0. The van der Waals surface area contributed by atoms with Crippen LogP contribution in [0.15, 0.2) is 175 Å². The number of thiophene rings is 2. The summed E-state index contributed by atoms with van der Waals surface area (Å²) in [6.45, 7) is 2.23. The van der Waals surface area contributed by atoms with Gasteiger partial charge in [0.2, 0.25) is 0 Å². The van der Waals surface area contributed by atoms with Gasteiger partial charge >= 0.3 is 0 Å². The first-order chi connectivity index (χ1) is 26.2. The molecule has 53 heavy (non-hydrogen) atoms. The maximum absolute atomic E-state index is 2.45. The van der Waals surface area contributed by atoms with Gasteiger partial charge in [0.05, 0.1) is 0 Å². The van der Waals surface area contributed by atoms with Crippen molar-refractivity contribution in [2.24, 2.45) is 0 Å². The second kappa shape index (κ2) is 12.0. The quantitative estimate of drug-likeness (QED) is 0.160. The number of hydrogen-bond donors (Lipinski definition) is 0. The third kappa shape index (κ3) is 4.59. The lowest BCUT2D eigenvalue weighted by Gasteiger charge is -2.18. The Kier molecular flexibility index (Phi) is 6.92. The molecule has 0 aliphatic carbocycles. The van der Waals surface area contributed by atoms with E-state index in [-0.39, 0.29) is 0 Å². The van der Waals surface area contributed by atoms with Crippen molar-refractivity contribution in [1.82, 2.24) is 0 Å². The Morgan fingerprint density at radius 2 is 0.811 bits per heavy atom. The van der Waals surface area contributed by atoms with Crippen molar-refractivity contribution in [3.63, 3.8) is 0 Å². The Morgan fingerprint density at radius 1 is 0.340 bits per heavy atom. The van der Waals surface area contributed by atoms with E-state index in [1.54, 1.807) is 11.3 Å². The highest BCUT2D eigenvalue weighted by molar-refractivity contribution is 7.26. The molecule has 0 saturated heterocycles. The lowest BCUT2D eigenvalue weighted by atomic mass is 9.85. The minimum atomic E-state index is 1.25. The van der Waals surface area contributed by atoms with Crippen molar-refractivity contribution in [1.29, 1.82) is 0 Å². The Bertz CT molecular complexity index is 3120. The van der Waals surface area contributed by atoms with E-state index in [4.69, 9.17) is 0 Å². The van der Waals surface area contributed by atoms with E-state index < -0.39 is 0 Å². The molecule has 0 radical (unpaired) electrons. The fourth-order valence-electron chi connectivity index (χ4n) is 8.83. The van der Waals surface area contributed by atoms with Crippen LogP contribution in [0.5, 0.6) is 0 Å². The SMILES string of the molecule is Cc1cscc1-c1c2ccccc2c(-c2cccc3c2sc2ccc(-c4c5ccccc5c(-c5ccccc5)c5ccccc45)cc23)c2ccccc12. The zero-order valence-electron chi connectivity index (χ0n) is 29.1. The Labute approximate surface area is 315 Å². The van der Waals surface area contributed by atoms with Crippen LogP contribution in [-0.2, 0) is 0 Å². The van der Waals surface area contributed by atoms with E-state index in [0.717, 1.165) is 0 Å². The van der Waals surface area contributed by atoms with E-state index >= 15 is 0 Å². The predicted octanol–water partition coefficient (Wildman–Crippen LogP) is 15.7. The van der Waals surface area contributed by atoms with Gasteiger partial charge in [-0.3, -0.25) is 0 Å². The number of hydrogen-bond acceptors (Lipinski definition) is 2. The van der Waals surface area contributed by atoms with Crippen LogP contribution in [0.1, 0.15) is 5.56 Å². The molecule has 9 aromatic carbocycles. The summed E-state index contributed by atoms with van der Waals surface area (Å²) in [6, 6.07) is 60.8. The van der Waals surface area contributed by atoms with Gasteiger partial charge in [-0.15, -0.1) is 11.3 Å². The van der Waals surface area contributed by atoms with Crippen LogP contribution >= 0.6 is 22.7 Å². The number of benzene rings is 9. The fraction of sp³-hybridized carbons (Fsp3) is 0.0196. The molecule has 0 aliphatic rings. The molecule has 2 heterocycles. The molecule has 248 valence electrons. The third-order valence-electron chi connectivity index (χ3n) is 11.1. The highest BCUT2D eigenvalue weighted by Crippen LogP contribution is 2.50. The van der Waals surface area contributed by atoms with E-state index in [9.17, 15) is 0 Å². The molecule has 0 unspecified atom stereocenters. The van der Waals surface area contributed by atoms with Gasteiger partial charge in [-0.05, 0) is 117 Å². The molecular formula is C51H32S2. The zero-order chi connectivity index (χ0) is 35.0. The minimum absolute atomic E-state index is 1.25. The van der Waals surface area contributed by atoms with Gasteiger partial charge < -0.3 is 0 Å². The van der Waals surface area contributed by atoms with Crippen molar-refractivity contribution in [3.8, 4) is 44.5 Å². The number of aryl methyl sites for hydroxylation is 1. The van der Waals surface area contributed by atoms with Crippen molar-refractivity contribution in [2.45, 2.75) is 6.92 Å². The molecule has 2 heteroatoms. The van der Waals surface area contributed by atoms with Crippen molar-refractivity contribution in [2.75, 3.05) is 0 Å². The third-order valence-corrected chi connectivity index (χ3v) is 13.2. The molecule has 2 aromatic heterocycles. The van der Waals surface area contributed by atoms with Crippen LogP contribution in [0.2, 0.25) is 0 Å². The second-order valence-electron chi connectivity index (χ2n) is 14.0. The summed E-state index contributed by atoms with van der Waals surface area (Å²) in [6.07, 6.45) is 0. The lowest BCUT2D eigenvalue weighted by molar-refractivity contribution is 1.55. The van der Waals surface area contributed by atoms with Gasteiger partial charge in [-0.2, -0.15) is 11.3 Å². The first-order valence-corrected chi connectivity index (χ1v) is 19.9. The first kappa shape index (κ1) is 30.6. The smallest absolute Gasteiger partial charge is 0.0434 e. The Hall–Kier alpha value is -6.06. The van der Waals surface area contributed by atoms with Gasteiger partial charge in [-0.1, -0.05) is 152 Å². The highest BCUT2D eigenvalue weighted by Gasteiger charge is 2.21. The number of fused-ring (bicyclic) bond motifs is 7. The topological polar surface area (TPSA) is 0 Å². The molecule has 0 aliphatic heterocycles.